The van der Waals surface area contributed by atoms with Crippen LogP contribution in [-0.4, -0.2) is 52.6 Å². The average Bonchev–Trinajstić information content (AvgIpc) is 3.30. The fourth-order valence-electron chi connectivity index (χ4n) is 4.94. The van der Waals surface area contributed by atoms with E-state index in [1.54, 1.807) is 25.1 Å². The van der Waals surface area contributed by atoms with Gasteiger partial charge in [-0.25, -0.2) is 4.98 Å². The Balaban J connectivity index is 1.64. The highest BCUT2D eigenvalue weighted by molar-refractivity contribution is 5.84. The lowest BCUT2D eigenvalue weighted by Crippen LogP contribution is -2.48. The fourth-order valence-corrected chi connectivity index (χ4v) is 4.94. The second-order valence-corrected chi connectivity index (χ2v) is 9.42. The van der Waals surface area contributed by atoms with E-state index in [4.69, 9.17) is 14.5 Å². The lowest BCUT2D eigenvalue weighted by atomic mass is 9.85. The van der Waals surface area contributed by atoms with Gasteiger partial charge in [0.15, 0.2) is 0 Å². The van der Waals surface area contributed by atoms with Gasteiger partial charge in [-0.3, -0.25) is 9.67 Å². The van der Waals surface area contributed by atoms with Gasteiger partial charge >= 0.3 is 0 Å². The van der Waals surface area contributed by atoms with E-state index < -0.39 is 0 Å². The lowest BCUT2D eigenvalue weighted by molar-refractivity contribution is 0.367. The summed E-state index contributed by atoms with van der Waals surface area (Å²) in [6, 6.07) is 10.9. The summed E-state index contributed by atoms with van der Waals surface area (Å²) >= 11 is 0. The number of nitrogens with zero attached hydrogens (tertiary/aromatic N) is 5. The van der Waals surface area contributed by atoms with Crippen LogP contribution in [0.15, 0.2) is 48.9 Å². The highest BCUT2D eigenvalue weighted by atomic mass is 16.5. The Hall–Kier alpha value is -3.65. The van der Waals surface area contributed by atoms with Gasteiger partial charge < -0.3 is 19.7 Å². The number of hydrogen-bond donors (Lipinski definition) is 1. The Bertz CT molecular complexity index is 1370. The van der Waals surface area contributed by atoms with Crippen LogP contribution in [0.1, 0.15) is 32.3 Å². The number of nitrogens with one attached hydrogen (secondary N) is 1. The van der Waals surface area contributed by atoms with E-state index in [-0.39, 0.29) is 12.0 Å². The first kappa shape index (κ1) is 23.1. The summed E-state index contributed by atoms with van der Waals surface area (Å²) in [6.45, 7) is 7.44. The molecule has 8 nitrogen and oxygen atoms in total. The second-order valence-electron chi connectivity index (χ2n) is 9.42. The molecule has 0 saturated carbocycles. The minimum atomic E-state index is 0.244. The number of methoxy groups -OCH3 is 2. The molecule has 2 unspecified atom stereocenters. The molecule has 8 heteroatoms. The molecule has 1 aliphatic heterocycles. The van der Waals surface area contributed by atoms with E-state index >= 15 is 0 Å². The topological polar surface area (TPSA) is 77.3 Å². The third-order valence-corrected chi connectivity index (χ3v) is 6.66. The largest absolute Gasteiger partial charge is 0.497 e. The molecule has 1 aliphatic rings. The zero-order valence-electron chi connectivity index (χ0n) is 21.1. The molecule has 5 rings (SSSR count). The normalized spacial score (nSPS) is 17.6. The summed E-state index contributed by atoms with van der Waals surface area (Å²) in [4.78, 5) is 11.9. The highest BCUT2D eigenvalue weighted by Crippen LogP contribution is 2.46. The maximum atomic E-state index is 5.84. The fraction of sp³-hybridized carbons (Fsp3) is 0.370. The maximum absolute atomic E-state index is 5.84. The maximum Gasteiger partial charge on any atom is 0.128 e. The predicted molar refractivity (Wildman–Crippen MR) is 139 cm³/mol. The van der Waals surface area contributed by atoms with E-state index in [0.29, 0.717) is 6.04 Å². The van der Waals surface area contributed by atoms with Crippen molar-refractivity contribution in [1.82, 2.24) is 25.1 Å². The summed E-state index contributed by atoms with van der Waals surface area (Å²) in [6.07, 6.45) is 5.56. The molecule has 0 fully saturated rings. The molecule has 3 heterocycles. The molecule has 0 saturated heterocycles. The minimum absolute atomic E-state index is 0.244. The van der Waals surface area contributed by atoms with Crippen molar-refractivity contribution < 1.29 is 9.47 Å². The first-order valence-electron chi connectivity index (χ1n) is 11.9. The van der Waals surface area contributed by atoms with E-state index in [9.17, 15) is 0 Å². The summed E-state index contributed by atoms with van der Waals surface area (Å²) < 4.78 is 13.2. The van der Waals surface area contributed by atoms with Crippen molar-refractivity contribution >= 4 is 22.4 Å². The van der Waals surface area contributed by atoms with Gasteiger partial charge in [-0.15, -0.1) is 0 Å². The lowest BCUT2D eigenvalue weighted by Gasteiger charge is -2.42. The summed E-state index contributed by atoms with van der Waals surface area (Å²) in [5, 5.41) is 8.03. The summed E-state index contributed by atoms with van der Waals surface area (Å²) in [5.41, 5.74) is 6.76. The average molecular weight is 473 g/mol. The van der Waals surface area contributed by atoms with Crippen LogP contribution in [0.3, 0.4) is 0 Å². The highest BCUT2D eigenvalue weighted by Gasteiger charge is 2.35. The molecule has 35 heavy (non-hydrogen) atoms. The number of aryl methyl sites for hydroxylation is 1. The van der Waals surface area contributed by atoms with Crippen LogP contribution in [-0.2, 0) is 7.05 Å². The molecule has 1 N–H and O–H groups in total. The van der Waals surface area contributed by atoms with Gasteiger partial charge in [-0.05, 0) is 18.2 Å². The Morgan fingerprint density at radius 1 is 1.06 bits per heavy atom. The monoisotopic (exact) mass is 472 g/mol. The van der Waals surface area contributed by atoms with Gasteiger partial charge in [0.2, 0.25) is 0 Å². The molecular formula is C27H32N6O2. The number of fused-ring (bicyclic) bond motifs is 2. The van der Waals surface area contributed by atoms with Crippen molar-refractivity contribution in [3.63, 3.8) is 0 Å². The molecule has 2 atom stereocenters. The Morgan fingerprint density at radius 3 is 2.57 bits per heavy atom. The first-order valence-corrected chi connectivity index (χ1v) is 11.9. The van der Waals surface area contributed by atoms with Crippen LogP contribution in [0.2, 0.25) is 0 Å². The molecule has 0 aliphatic carbocycles. The van der Waals surface area contributed by atoms with Crippen LogP contribution < -0.4 is 19.7 Å². The van der Waals surface area contributed by atoms with Crippen molar-refractivity contribution in [3.05, 3.63) is 54.5 Å². The van der Waals surface area contributed by atoms with Gasteiger partial charge in [-0.1, -0.05) is 20.8 Å². The molecular weight excluding hydrogens is 440 g/mol. The molecule has 0 bridgehead atoms. The van der Waals surface area contributed by atoms with Crippen molar-refractivity contribution in [2.45, 2.75) is 38.8 Å². The quantitative estimate of drug-likeness (QED) is 0.437. The molecule has 0 radical (unpaired) electrons. The smallest absolute Gasteiger partial charge is 0.128 e. The number of rotatable bonds is 6. The molecule has 182 valence electrons. The third-order valence-electron chi connectivity index (χ3n) is 6.66. The van der Waals surface area contributed by atoms with Crippen LogP contribution in [0.5, 0.6) is 11.5 Å². The van der Waals surface area contributed by atoms with Crippen LogP contribution >= 0.6 is 0 Å². The standard InChI is InChI=1S/C27H32N6O2/c1-16(2)30-24-15-33(25-10-20(34-5)11-26(35-6)27(25)17(24)3)19-7-8-21-22(9-19)31-23(13-28-21)18-12-29-32(4)14-18/h7-14,16-17,24,30H,15H2,1-6H3. The molecule has 2 aromatic heterocycles. The van der Waals surface area contributed by atoms with E-state index in [2.05, 4.69) is 59.3 Å². The third kappa shape index (κ3) is 4.30. The Morgan fingerprint density at radius 2 is 1.89 bits per heavy atom. The van der Waals surface area contributed by atoms with E-state index in [1.807, 2.05) is 31.6 Å². The van der Waals surface area contributed by atoms with Crippen LogP contribution in [0, 0.1) is 0 Å². The van der Waals surface area contributed by atoms with Crippen molar-refractivity contribution in [3.8, 4) is 22.8 Å². The number of ether oxygens (including phenoxy) is 2. The van der Waals surface area contributed by atoms with Crippen molar-refractivity contribution in [2.75, 3.05) is 25.7 Å². The number of hydrogen-bond acceptors (Lipinski definition) is 7. The van der Waals surface area contributed by atoms with Gasteiger partial charge in [0.1, 0.15) is 11.5 Å². The van der Waals surface area contributed by atoms with Crippen LogP contribution in [0.4, 0.5) is 11.4 Å². The van der Waals surface area contributed by atoms with Crippen LogP contribution in [0.25, 0.3) is 22.3 Å². The van der Waals surface area contributed by atoms with Gasteiger partial charge in [0.25, 0.3) is 0 Å². The van der Waals surface area contributed by atoms with Crippen molar-refractivity contribution in [2.24, 2.45) is 7.05 Å². The molecule has 2 aromatic carbocycles. The molecule has 0 amide bonds. The van der Waals surface area contributed by atoms with Gasteiger partial charge in [0.05, 0.1) is 49.0 Å². The second kappa shape index (κ2) is 9.19. The number of anilines is 2. The summed E-state index contributed by atoms with van der Waals surface area (Å²) in [7, 11) is 5.30. The van der Waals surface area contributed by atoms with Gasteiger partial charge in [-0.2, -0.15) is 5.10 Å². The first-order chi connectivity index (χ1) is 16.9. The van der Waals surface area contributed by atoms with E-state index in [1.165, 1.54) is 5.56 Å². The SMILES string of the molecule is COc1cc(OC)c2c(c1)N(c1ccc3ncc(-c4cnn(C)c4)nc3c1)CC(NC(C)C)C2C. The summed E-state index contributed by atoms with van der Waals surface area (Å²) in [5.74, 6) is 1.88. The zero-order chi connectivity index (χ0) is 24.7. The van der Waals surface area contributed by atoms with Crippen molar-refractivity contribution in [1.29, 1.82) is 0 Å². The number of benzene rings is 2. The minimum Gasteiger partial charge on any atom is -0.497 e. The zero-order valence-corrected chi connectivity index (χ0v) is 21.1. The Labute approximate surface area is 205 Å². The number of aromatic nitrogens is 4. The Kier molecular flexibility index (Phi) is 6.06. The predicted octanol–water partition coefficient (Wildman–Crippen LogP) is 4.67. The van der Waals surface area contributed by atoms with Gasteiger partial charge in [0, 0.05) is 66.7 Å². The molecule has 0 spiro atoms. The van der Waals surface area contributed by atoms with E-state index in [0.717, 1.165) is 51.7 Å². The molecule has 4 aromatic rings.